The third kappa shape index (κ3) is 5.17. The van der Waals surface area contributed by atoms with Crippen LogP contribution in [-0.4, -0.2) is 50.3 Å². The molecule has 184 valence electrons. The van der Waals surface area contributed by atoms with E-state index in [1.807, 2.05) is 18.2 Å². The number of anilines is 1. The second-order valence-corrected chi connectivity index (χ2v) is 12.5. The minimum Gasteiger partial charge on any atom is -0.369 e. The molecule has 0 spiro atoms. The summed E-state index contributed by atoms with van der Waals surface area (Å²) in [6.07, 6.45) is 5.28. The third-order valence-electron chi connectivity index (χ3n) is 8.01. The summed E-state index contributed by atoms with van der Waals surface area (Å²) in [4.78, 5) is 5.59. The minimum atomic E-state index is -3.30. The normalized spacial score (nSPS) is 20.3. The summed E-state index contributed by atoms with van der Waals surface area (Å²) < 4.78 is 26.4. The fourth-order valence-corrected chi connectivity index (χ4v) is 8.07. The number of para-hydroxylation sites is 1. The molecule has 0 aromatic heterocycles. The van der Waals surface area contributed by atoms with Crippen molar-refractivity contribution >= 4 is 15.5 Å². The minimum absolute atomic E-state index is 0.412. The number of sulfone groups is 1. The first kappa shape index (κ1) is 24.1. The topological polar surface area (TPSA) is 40.6 Å². The smallest absolute Gasteiger partial charge is 0.184 e. The van der Waals surface area contributed by atoms with Crippen LogP contribution in [0.2, 0.25) is 0 Å². The number of hydrogen-bond acceptors (Lipinski definition) is 4. The van der Waals surface area contributed by atoms with E-state index in [1.54, 1.807) is 12.1 Å². The number of hydrogen-bond donors (Lipinski definition) is 0. The highest BCUT2D eigenvalue weighted by Gasteiger charge is 2.48. The van der Waals surface area contributed by atoms with E-state index in [1.165, 1.54) is 11.3 Å². The van der Waals surface area contributed by atoms with Crippen molar-refractivity contribution in [3.05, 3.63) is 96.6 Å². The fourth-order valence-electron chi connectivity index (χ4n) is 5.82. The van der Waals surface area contributed by atoms with E-state index in [0.717, 1.165) is 64.7 Å². The Morgan fingerprint density at radius 1 is 0.800 bits per heavy atom. The molecule has 5 rings (SSSR count). The lowest BCUT2D eigenvalue weighted by molar-refractivity contribution is 0.165. The predicted molar refractivity (Wildman–Crippen MR) is 144 cm³/mol. The van der Waals surface area contributed by atoms with Crippen molar-refractivity contribution in [2.24, 2.45) is 0 Å². The lowest BCUT2D eigenvalue weighted by atomic mass is 9.80. The van der Waals surface area contributed by atoms with Crippen LogP contribution in [0.15, 0.2) is 95.9 Å². The Morgan fingerprint density at radius 3 is 2.06 bits per heavy atom. The molecule has 0 radical (unpaired) electrons. The van der Waals surface area contributed by atoms with Gasteiger partial charge in [0.05, 0.1) is 9.64 Å². The molecule has 1 heterocycles. The van der Waals surface area contributed by atoms with Crippen LogP contribution < -0.4 is 4.90 Å². The molecule has 0 amide bonds. The molecule has 35 heavy (non-hydrogen) atoms. The molecular formula is C30H36N2O2S. The van der Waals surface area contributed by atoms with Crippen LogP contribution in [0.3, 0.4) is 0 Å². The first-order valence-corrected chi connectivity index (χ1v) is 14.4. The predicted octanol–water partition coefficient (Wildman–Crippen LogP) is 5.60. The molecule has 1 saturated heterocycles. The van der Waals surface area contributed by atoms with Crippen molar-refractivity contribution in [2.75, 3.05) is 31.1 Å². The molecule has 2 aliphatic rings. The van der Waals surface area contributed by atoms with E-state index in [4.69, 9.17) is 0 Å². The van der Waals surface area contributed by atoms with Gasteiger partial charge in [-0.05, 0) is 68.5 Å². The van der Waals surface area contributed by atoms with Gasteiger partial charge in [0.25, 0.3) is 0 Å². The molecule has 1 aliphatic carbocycles. The van der Waals surface area contributed by atoms with Gasteiger partial charge in [0, 0.05) is 31.4 Å². The van der Waals surface area contributed by atoms with Crippen molar-refractivity contribution in [1.29, 1.82) is 0 Å². The third-order valence-corrected chi connectivity index (χ3v) is 10.7. The molecule has 3 aromatic carbocycles. The first-order chi connectivity index (χ1) is 17.1. The molecule has 3 aromatic rings. The van der Waals surface area contributed by atoms with Gasteiger partial charge in [-0.3, -0.25) is 4.90 Å². The Balaban J connectivity index is 1.27. The van der Waals surface area contributed by atoms with Crippen molar-refractivity contribution in [2.45, 2.75) is 54.2 Å². The van der Waals surface area contributed by atoms with E-state index in [9.17, 15) is 8.42 Å². The Labute approximate surface area is 210 Å². The number of nitrogens with zero attached hydrogens (tertiary/aromatic N) is 2. The van der Waals surface area contributed by atoms with Crippen LogP contribution in [0.4, 0.5) is 5.69 Å². The fraction of sp³-hybridized carbons (Fsp3) is 0.400. The van der Waals surface area contributed by atoms with Gasteiger partial charge in [-0.15, -0.1) is 0 Å². The zero-order chi connectivity index (χ0) is 24.1. The second kappa shape index (κ2) is 10.5. The molecule has 0 bridgehead atoms. The number of benzene rings is 3. The van der Waals surface area contributed by atoms with Gasteiger partial charge in [-0.2, -0.15) is 0 Å². The summed E-state index contributed by atoms with van der Waals surface area (Å²) >= 11 is 0. The highest BCUT2D eigenvalue weighted by molar-refractivity contribution is 7.93. The van der Waals surface area contributed by atoms with Gasteiger partial charge in [-0.1, -0.05) is 73.2 Å². The zero-order valence-electron chi connectivity index (χ0n) is 20.4. The molecule has 0 N–H and O–H groups in total. The zero-order valence-corrected chi connectivity index (χ0v) is 21.2. The second-order valence-electron chi connectivity index (χ2n) is 10.1. The Bertz CT molecular complexity index is 1180. The maximum Gasteiger partial charge on any atom is 0.184 e. The Morgan fingerprint density at radius 2 is 1.43 bits per heavy atom. The monoisotopic (exact) mass is 488 g/mol. The SMILES string of the molecule is O=S(=O)(c1ccccc1)C1(CCCN2CCN(c3ccccc3)CC2Cc2ccccc2)CCC1. The highest BCUT2D eigenvalue weighted by atomic mass is 32.2. The summed E-state index contributed by atoms with van der Waals surface area (Å²) in [6.45, 7) is 3.95. The molecule has 4 nitrogen and oxygen atoms in total. The van der Waals surface area contributed by atoms with Gasteiger partial charge in [0.15, 0.2) is 9.84 Å². The molecule has 5 heteroatoms. The van der Waals surface area contributed by atoms with Crippen molar-refractivity contribution in [1.82, 2.24) is 4.90 Å². The average Bonchev–Trinajstić information content (AvgIpc) is 2.88. The van der Waals surface area contributed by atoms with Crippen molar-refractivity contribution in [3.8, 4) is 0 Å². The van der Waals surface area contributed by atoms with E-state index < -0.39 is 14.6 Å². The van der Waals surface area contributed by atoms with E-state index in [2.05, 4.69) is 70.5 Å². The summed E-state index contributed by atoms with van der Waals surface area (Å²) in [5.41, 5.74) is 2.65. The number of rotatable bonds is 9. The Hall–Kier alpha value is -2.63. The summed E-state index contributed by atoms with van der Waals surface area (Å²) in [6, 6.07) is 30.9. The lowest BCUT2D eigenvalue weighted by Gasteiger charge is -2.44. The highest BCUT2D eigenvalue weighted by Crippen LogP contribution is 2.46. The maximum absolute atomic E-state index is 13.5. The van der Waals surface area contributed by atoms with E-state index in [-0.39, 0.29) is 0 Å². The van der Waals surface area contributed by atoms with Gasteiger partial charge in [0.2, 0.25) is 0 Å². The van der Waals surface area contributed by atoms with Crippen LogP contribution >= 0.6 is 0 Å². The standard InChI is InChI=1S/C30H36N2O2S/c33-35(34,29-16-8-3-9-17-29)30(18-10-19-30)20-11-21-31-22-23-32(27-14-6-2-7-15-27)25-28(31)24-26-12-4-1-5-13-26/h1-9,12-17,28H,10-11,18-25H2. The van der Waals surface area contributed by atoms with Crippen LogP contribution in [-0.2, 0) is 16.3 Å². The van der Waals surface area contributed by atoms with Gasteiger partial charge < -0.3 is 4.90 Å². The molecule has 1 saturated carbocycles. The number of piperazine rings is 1. The van der Waals surface area contributed by atoms with Gasteiger partial charge in [-0.25, -0.2) is 8.42 Å². The van der Waals surface area contributed by atoms with Crippen LogP contribution in [0, 0.1) is 0 Å². The largest absolute Gasteiger partial charge is 0.369 e. The van der Waals surface area contributed by atoms with Gasteiger partial charge >= 0.3 is 0 Å². The lowest BCUT2D eigenvalue weighted by Crippen LogP contribution is -2.54. The maximum atomic E-state index is 13.5. The quantitative estimate of drug-likeness (QED) is 0.393. The molecule has 2 fully saturated rings. The van der Waals surface area contributed by atoms with Crippen molar-refractivity contribution in [3.63, 3.8) is 0 Å². The summed E-state index contributed by atoms with van der Waals surface area (Å²) in [5.74, 6) is 0. The van der Waals surface area contributed by atoms with E-state index in [0.29, 0.717) is 10.9 Å². The van der Waals surface area contributed by atoms with Crippen molar-refractivity contribution < 1.29 is 8.42 Å². The molecule has 1 aliphatic heterocycles. The molecule has 1 unspecified atom stereocenters. The summed E-state index contributed by atoms with van der Waals surface area (Å²) in [5, 5.41) is 0. The summed E-state index contributed by atoms with van der Waals surface area (Å²) in [7, 11) is -3.30. The Kier molecular flexibility index (Phi) is 7.26. The van der Waals surface area contributed by atoms with Crippen LogP contribution in [0.25, 0.3) is 0 Å². The van der Waals surface area contributed by atoms with Gasteiger partial charge in [0.1, 0.15) is 0 Å². The van der Waals surface area contributed by atoms with E-state index >= 15 is 0 Å². The first-order valence-electron chi connectivity index (χ1n) is 13.0. The average molecular weight is 489 g/mol. The van der Waals surface area contributed by atoms with Crippen LogP contribution in [0.1, 0.15) is 37.7 Å². The van der Waals surface area contributed by atoms with Crippen LogP contribution in [0.5, 0.6) is 0 Å². The molecule has 1 atom stereocenters. The molecular weight excluding hydrogens is 452 g/mol.